The molecule has 1 amide bonds. The number of benzene rings is 1. The highest BCUT2D eigenvalue weighted by Gasteiger charge is 2.33. The lowest BCUT2D eigenvalue weighted by molar-refractivity contribution is -0.00321. The number of ether oxygens (including phenoxy) is 3. The van der Waals surface area contributed by atoms with Crippen molar-refractivity contribution in [3.05, 3.63) is 58.2 Å². The van der Waals surface area contributed by atoms with Gasteiger partial charge in [-0.1, -0.05) is 6.07 Å². The maximum Gasteiger partial charge on any atom is 0.410 e. The molecule has 1 aliphatic rings. The van der Waals surface area contributed by atoms with Gasteiger partial charge in [0, 0.05) is 37.8 Å². The number of halogens is 1. The number of pyridine rings is 1. The molecule has 0 aliphatic carbocycles. The molecule has 2 heterocycles. The molecule has 2 atom stereocenters. The Hall–Kier alpha value is -3.73. The number of hydrogen-bond acceptors (Lipinski definition) is 8. The van der Waals surface area contributed by atoms with Crippen LogP contribution < -0.4 is 4.74 Å². The monoisotopic (exact) mass is 545 g/mol. The fourth-order valence-electron chi connectivity index (χ4n) is 4.34. The molecule has 10 nitrogen and oxygen atoms in total. The number of methoxy groups -OCH3 is 1. The van der Waals surface area contributed by atoms with E-state index in [1.807, 2.05) is 32.6 Å². The highest BCUT2D eigenvalue weighted by atomic mass is 19.1. The van der Waals surface area contributed by atoms with Crippen molar-refractivity contribution in [3.8, 4) is 5.75 Å². The Balaban J connectivity index is 1.90. The lowest BCUT2D eigenvalue weighted by Crippen LogP contribution is -2.55. The summed E-state index contributed by atoms with van der Waals surface area (Å²) >= 11 is 0. The summed E-state index contributed by atoms with van der Waals surface area (Å²) in [5, 5.41) is 9.85. The molecule has 1 aromatic carbocycles. The van der Waals surface area contributed by atoms with Crippen molar-refractivity contribution in [1.29, 1.82) is 0 Å². The highest BCUT2D eigenvalue weighted by Crippen LogP contribution is 2.30. The van der Waals surface area contributed by atoms with Gasteiger partial charge in [0.05, 0.1) is 18.4 Å². The van der Waals surface area contributed by atoms with Gasteiger partial charge in [-0.15, -0.1) is 0 Å². The first-order valence-electron chi connectivity index (χ1n) is 12.7. The summed E-state index contributed by atoms with van der Waals surface area (Å²) < 4.78 is 31.0. The lowest BCUT2D eigenvalue weighted by atomic mass is 10.0. The predicted molar refractivity (Wildman–Crippen MR) is 141 cm³/mol. The van der Waals surface area contributed by atoms with Crippen molar-refractivity contribution in [2.75, 3.05) is 33.3 Å². The number of aryl methyl sites for hydroxylation is 2. The number of carbonyl (C=O) groups is 3. The van der Waals surface area contributed by atoms with Crippen LogP contribution in [0.3, 0.4) is 0 Å². The molecule has 11 heteroatoms. The maximum atomic E-state index is 14.5. The summed E-state index contributed by atoms with van der Waals surface area (Å²) in [7, 11) is 1.21. The van der Waals surface area contributed by atoms with Gasteiger partial charge in [-0.2, -0.15) is 4.39 Å². The summed E-state index contributed by atoms with van der Waals surface area (Å²) in [4.78, 5) is 44.6. The average Bonchev–Trinajstić information content (AvgIpc) is 2.83. The van der Waals surface area contributed by atoms with E-state index in [9.17, 15) is 23.9 Å². The third-order valence-electron chi connectivity index (χ3n) is 6.38. The van der Waals surface area contributed by atoms with Crippen molar-refractivity contribution in [1.82, 2.24) is 14.8 Å². The van der Waals surface area contributed by atoms with E-state index >= 15 is 0 Å². The van der Waals surface area contributed by atoms with E-state index in [1.165, 1.54) is 19.2 Å². The summed E-state index contributed by atoms with van der Waals surface area (Å²) in [6.45, 7) is 12.2. The second-order valence-electron chi connectivity index (χ2n) is 10.7. The van der Waals surface area contributed by atoms with Crippen LogP contribution >= 0.6 is 0 Å². The lowest BCUT2D eigenvalue weighted by Gasteiger charge is -2.41. The van der Waals surface area contributed by atoms with Crippen molar-refractivity contribution in [2.45, 2.75) is 59.3 Å². The van der Waals surface area contributed by atoms with E-state index in [2.05, 4.69) is 4.98 Å². The zero-order chi connectivity index (χ0) is 29.1. The number of aromatic carboxylic acids is 1. The summed E-state index contributed by atoms with van der Waals surface area (Å²) in [5.74, 6) is -2.60. The minimum absolute atomic E-state index is 0.0147. The molecule has 0 bridgehead atoms. The van der Waals surface area contributed by atoms with Gasteiger partial charge < -0.3 is 24.2 Å². The van der Waals surface area contributed by atoms with Crippen molar-refractivity contribution < 1.29 is 38.1 Å². The third kappa shape index (κ3) is 7.44. The molecule has 0 spiro atoms. The van der Waals surface area contributed by atoms with Gasteiger partial charge >= 0.3 is 18.0 Å². The zero-order valence-corrected chi connectivity index (χ0v) is 23.4. The van der Waals surface area contributed by atoms with Gasteiger partial charge in [0.25, 0.3) is 0 Å². The van der Waals surface area contributed by atoms with Gasteiger partial charge in [-0.05, 0) is 65.3 Å². The molecule has 0 unspecified atom stereocenters. The summed E-state index contributed by atoms with van der Waals surface area (Å²) in [5.41, 5.74) is 0.362. The van der Waals surface area contributed by atoms with Crippen LogP contribution in [0.2, 0.25) is 0 Å². The Morgan fingerprint density at radius 1 is 1.13 bits per heavy atom. The minimum Gasteiger partial charge on any atom is -0.482 e. The van der Waals surface area contributed by atoms with Crippen molar-refractivity contribution >= 4 is 18.0 Å². The van der Waals surface area contributed by atoms with Crippen LogP contribution in [0.25, 0.3) is 0 Å². The molecule has 1 aliphatic heterocycles. The van der Waals surface area contributed by atoms with Gasteiger partial charge in [0.15, 0.2) is 6.10 Å². The Morgan fingerprint density at radius 3 is 2.38 bits per heavy atom. The average molecular weight is 546 g/mol. The molecule has 39 heavy (non-hydrogen) atoms. The van der Waals surface area contributed by atoms with Gasteiger partial charge in [0.1, 0.15) is 16.9 Å². The Labute approximate surface area is 227 Å². The van der Waals surface area contributed by atoms with E-state index in [4.69, 9.17) is 14.2 Å². The first-order valence-corrected chi connectivity index (χ1v) is 12.7. The first kappa shape index (κ1) is 29.8. The smallest absolute Gasteiger partial charge is 0.410 e. The number of hydrogen-bond donors (Lipinski definition) is 1. The topological polar surface area (TPSA) is 118 Å². The molecular formula is C28H36FN3O7. The van der Waals surface area contributed by atoms with Gasteiger partial charge in [-0.3, -0.25) is 4.90 Å². The minimum atomic E-state index is -1.29. The van der Waals surface area contributed by atoms with Crippen LogP contribution in [-0.2, 0) is 9.47 Å². The second kappa shape index (κ2) is 12.0. The fraction of sp³-hybridized carbons (Fsp3) is 0.500. The van der Waals surface area contributed by atoms with E-state index in [-0.39, 0.29) is 35.2 Å². The van der Waals surface area contributed by atoms with Crippen LogP contribution in [0.1, 0.15) is 71.3 Å². The first-order chi connectivity index (χ1) is 18.2. The quantitative estimate of drug-likeness (QED) is 0.399. The van der Waals surface area contributed by atoms with Gasteiger partial charge in [0.2, 0.25) is 5.95 Å². The van der Waals surface area contributed by atoms with E-state index in [0.29, 0.717) is 30.8 Å². The van der Waals surface area contributed by atoms with E-state index in [1.54, 1.807) is 30.9 Å². The number of carboxylic acid groups (broad SMARTS) is 1. The number of nitrogens with zero attached hydrogens (tertiary/aromatic N) is 3. The predicted octanol–water partition coefficient (Wildman–Crippen LogP) is 4.38. The molecule has 1 N–H and O–H groups in total. The molecule has 1 saturated heterocycles. The van der Waals surface area contributed by atoms with Crippen LogP contribution in [-0.4, -0.2) is 82.9 Å². The SMILES string of the molecule is COC(=O)c1cc(C(=O)O)c(O[C@H](CN2CCN(C(=O)OC(C)(C)C)[C@H](C)C2)c2ccc(C)c(F)n2)cc1C. The molecule has 2 aromatic rings. The summed E-state index contributed by atoms with van der Waals surface area (Å²) in [6, 6.07) is 5.71. The molecule has 3 rings (SSSR count). The fourth-order valence-corrected chi connectivity index (χ4v) is 4.34. The number of carboxylic acids is 1. The molecule has 0 radical (unpaired) electrons. The zero-order valence-electron chi connectivity index (χ0n) is 23.4. The Morgan fingerprint density at radius 2 is 1.82 bits per heavy atom. The Bertz CT molecular complexity index is 1240. The standard InChI is InChI=1S/C28H36FN3O7/c1-16-8-9-21(30-24(16)29)23(15-31-10-11-32(18(3)14-31)27(36)39-28(4,5)6)38-22-12-17(2)19(26(35)37-7)13-20(22)25(33)34/h8-9,12-13,18,23H,10-11,14-15H2,1-7H3,(H,33,34)/t18-,23-/m1/s1. The highest BCUT2D eigenvalue weighted by molar-refractivity contribution is 5.97. The second-order valence-corrected chi connectivity index (χ2v) is 10.7. The number of aromatic nitrogens is 1. The Kier molecular flexibility index (Phi) is 9.16. The maximum absolute atomic E-state index is 14.5. The molecule has 1 aromatic heterocycles. The van der Waals surface area contributed by atoms with Crippen LogP contribution in [0.5, 0.6) is 5.75 Å². The largest absolute Gasteiger partial charge is 0.482 e. The molecular weight excluding hydrogens is 509 g/mol. The van der Waals surface area contributed by atoms with Crippen LogP contribution in [0, 0.1) is 19.8 Å². The van der Waals surface area contributed by atoms with Crippen molar-refractivity contribution in [3.63, 3.8) is 0 Å². The van der Waals surface area contributed by atoms with Gasteiger partial charge in [-0.25, -0.2) is 19.4 Å². The number of carbonyl (C=O) groups excluding carboxylic acids is 2. The number of esters is 1. The van der Waals surface area contributed by atoms with Crippen molar-refractivity contribution in [2.24, 2.45) is 0 Å². The molecule has 0 saturated carbocycles. The number of rotatable bonds is 7. The van der Waals surface area contributed by atoms with Crippen LogP contribution in [0.4, 0.5) is 9.18 Å². The van der Waals surface area contributed by atoms with E-state index < -0.39 is 35.7 Å². The normalized spacial score (nSPS) is 16.9. The van der Waals surface area contributed by atoms with E-state index in [0.717, 1.165) is 0 Å². The van der Waals surface area contributed by atoms with Crippen LogP contribution in [0.15, 0.2) is 24.3 Å². The summed E-state index contributed by atoms with van der Waals surface area (Å²) in [6.07, 6.45) is -1.24. The third-order valence-corrected chi connectivity index (χ3v) is 6.38. The molecule has 212 valence electrons. The molecule has 1 fully saturated rings. The number of amides is 1. The number of piperazine rings is 1.